The van der Waals surface area contributed by atoms with Crippen molar-refractivity contribution < 1.29 is 18.7 Å². The Morgan fingerprint density at radius 2 is 1.82 bits per heavy atom. The van der Waals surface area contributed by atoms with Gasteiger partial charge in [-0.1, -0.05) is 0 Å². The molecule has 168 valence electrons. The molecular weight excluding hydrogens is 430 g/mol. The van der Waals surface area contributed by atoms with Gasteiger partial charge >= 0.3 is 5.97 Å². The summed E-state index contributed by atoms with van der Waals surface area (Å²) >= 11 is 0. The average Bonchev–Trinajstić information content (AvgIpc) is 3.23. The predicted octanol–water partition coefficient (Wildman–Crippen LogP) is 4.15. The molecule has 10 heteroatoms. The minimum absolute atomic E-state index is 0.128. The van der Waals surface area contributed by atoms with Crippen molar-refractivity contribution >= 4 is 33.9 Å². The fraction of sp³-hybridized carbons (Fsp3) is 0.348. The van der Waals surface area contributed by atoms with Crippen molar-refractivity contribution in [3.05, 3.63) is 42.4 Å². The van der Waals surface area contributed by atoms with Crippen molar-refractivity contribution in [2.75, 3.05) is 5.32 Å². The Morgan fingerprint density at radius 3 is 2.61 bits per heavy atom. The minimum Gasteiger partial charge on any atom is -0.481 e. The van der Waals surface area contributed by atoms with Crippen LogP contribution in [-0.2, 0) is 4.79 Å². The number of anilines is 1. The first-order chi connectivity index (χ1) is 16.0. The van der Waals surface area contributed by atoms with E-state index in [2.05, 4.69) is 30.2 Å². The standard InChI is InChI=1S/C23H20F2N6O2/c24-12-7-13-14(9-28-18(13)15(25)8-12)20-30-21-19(26-5-6-27-21)22(31-20)29-17-11-3-1-10(2-4-11)16(17)23(32)33/h5-11,16-17,28H,1-4H2,(H,32,33)(H,27,29,30,31). The molecule has 33 heavy (non-hydrogen) atoms. The molecule has 1 aromatic carbocycles. The van der Waals surface area contributed by atoms with Gasteiger partial charge in [0, 0.05) is 41.6 Å². The van der Waals surface area contributed by atoms with Crippen molar-refractivity contribution in [3.63, 3.8) is 0 Å². The highest BCUT2D eigenvalue weighted by atomic mass is 19.1. The van der Waals surface area contributed by atoms with Crippen LogP contribution >= 0.6 is 0 Å². The van der Waals surface area contributed by atoms with Gasteiger partial charge in [0.15, 0.2) is 17.3 Å². The summed E-state index contributed by atoms with van der Waals surface area (Å²) in [5.41, 5.74) is 1.30. The number of hydrogen-bond donors (Lipinski definition) is 3. The number of aromatic nitrogens is 5. The molecule has 3 aromatic heterocycles. The smallest absolute Gasteiger partial charge is 0.308 e. The van der Waals surface area contributed by atoms with Crippen LogP contribution in [-0.4, -0.2) is 42.0 Å². The van der Waals surface area contributed by atoms with Gasteiger partial charge in [-0.3, -0.25) is 4.79 Å². The quantitative estimate of drug-likeness (QED) is 0.428. The molecule has 0 spiro atoms. The number of aromatic amines is 1. The number of fused-ring (bicyclic) bond motifs is 5. The molecule has 2 unspecified atom stereocenters. The molecule has 4 aromatic rings. The van der Waals surface area contributed by atoms with Gasteiger partial charge in [-0.25, -0.2) is 28.7 Å². The average molecular weight is 450 g/mol. The van der Waals surface area contributed by atoms with Crippen molar-refractivity contribution in [2.45, 2.75) is 31.7 Å². The SMILES string of the molecule is O=C(O)C1C2CCC(CC2)C1Nc1nc(-c2c[nH]c3c(F)cc(F)cc23)nc2nccnc12. The van der Waals surface area contributed by atoms with Crippen molar-refractivity contribution in [3.8, 4) is 11.4 Å². The molecule has 2 bridgehead atoms. The third-order valence-electron chi connectivity index (χ3n) is 7.09. The van der Waals surface area contributed by atoms with Crippen LogP contribution in [0, 0.1) is 29.4 Å². The van der Waals surface area contributed by atoms with Crippen LogP contribution in [0.2, 0.25) is 0 Å². The molecule has 7 rings (SSSR count). The van der Waals surface area contributed by atoms with Gasteiger partial charge in [-0.05, 0) is 43.6 Å². The van der Waals surface area contributed by atoms with Gasteiger partial charge in [0.2, 0.25) is 0 Å². The van der Waals surface area contributed by atoms with E-state index in [0.717, 1.165) is 31.7 Å². The van der Waals surface area contributed by atoms with E-state index >= 15 is 0 Å². The van der Waals surface area contributed by atoms with Crippen LogP contribution in [0.1, 0.15) is 25.7 Å². The lowest BCUT2D eigenvalue weighted by Crippen LogP contribution is -2.51. The third-order valence-corrected chi connectivity index (χ3v) is 7.09. The van der Waals surface area contributed by atoms with Crippen molar-refractivity contribution in [1.29, 1.82) is 0 Å². The van der Waals surface area contributed by atoms with Gasteiger partial charge in [0.05, 0.1) is 11.4 Å². The number of benzene rings is 1. The number of carboxylic acids is 1. The van der Waals surface area contributed by atoms with Gasteiger partial charge in [-0.15, -0.1) is 0 Å². The molecule has 3 saturated carbocycles. The Labute approximate surface area is 186 Å². The highest BCUT2D eigenvalue weighted by Gasteiger charge is 2.47. The summed E-state index contributed by atoms with van der Waals surface area (Å²) in [4.78, 5) is 32.7. The van der Waals surface area contributed by atoms with E-state index < -0.39 is 23.5 Å². The topological polar surface area (TPSA) is 117 Å². The van der Waals surface area contributed by atoms with E-state index in [1.807, 2.05) is 0 Å². The van der Waals surface area contributed by atoms with Crippen LogP contribution < -0.4 is 5.32 Å². The van der Waals surface area contributed by atoms with E-state index in [9.17, 15) is 18.7 Å². The number of carboxylic acid groups (broad SMARTS) is 1. The Balaban J connectivity index is 1.49. The van der Waals surface area contributed by atoms with Gasteiger partial charge in [-0.2, -0.15) is 0 Å². The van der Waals surface area contributed by atoms with Crippen LogP contribution in [0.3, 0.4) is 0 Å². The van der Waals surface area contributed by atoms with Crippen LogP contribution in [0.4, 0.5) is 14.6 Å². The normalized spacial score (nSPS) is 24.4. The molecule has 0 saturated heterocycles. The highest BCUT2D eigenvalue weighted by molar-refractivity contribution is 5.96. The Kier molecular flexibility index (Phi) is 4.49. The van der Waals surface area contributed by atoms with Gasteiger partial charge < -0.3 is 15.4 Å². The van der Waals surface area contributed by atoms with E-state index in [4.69, 9.17) is 0 Å². The number of H-pyrrole nitrogens is 1. The fourth-order valence-electron chi connectivity index (χ4n) is 5.59. The molecule has 3 aliphatic carbocycles. The van der Waals surface area contributed by atoms with Gasteiger partial charge in [0.25, 0.3) is 0 Å². The van der Waals surface area contributed by atoms with Crippen LogP contribution in [0.15, 0.2) is 30.7 Å². The summed E-state index contributed by atoms with van der Waals surface area (Å²) in [7, 11) is 0. The summed E-state index contributed by atoms with van der Waals surface area (Å²) < 4.78 is 28.2. The fourth-order valence-corrected chi connectivity index (χ4v) is 5.59. The molecule has 3 aliphatic rings. The third kappa shape index (κ3) is 3.20. The Hall–Kier alpha value is -3.69. The lowest BCUT2D eigenvalue weighted by atomic mass is 9.61. The maximum atomic E-state index is 14.2. The molecule has 0 amide bonds. The minimum atomic E-state index is -0.811. The maximum absolute atomic E-state index is 14.2. The summed E-state index contributed by atoms with van der Waals surface area (Å²) in [6.07, 6.45) is 8.32. The van der Waals surface area contributed by atoms with Crippen molar-refractivity contribution in [1.82, 2.24) is 24.9 Å². The van der Waals surface area contributed by atoms with Crippen LogP contribution in [0.5, 0.6) is 0 Å². The lowest BCUT2D eigenvalue weighted by molar-refractivity contribution is -0.148. The summed E-state index contributed by atoms with van der Waals surface area (Å²) in [6.45, 7) is 0. The number of nitrogens with one attached hydrogen (secondary N) is 2. The molecule has 3 N–H and O–H groups in total. The lowest BCUT2D eigenvalue weighted by Gasteiger charge is -2.47. The zero-order valence-electron chi connectivity index (χ0n) is 17.4. The second-order valence-corrected chi connectivity index (χ2v) is 8.85. The molecule has 0 radical (unpaired) electrons. The first-order valence-electron chi connectivity index (χ1n) is 10.9. The first kappa shape index (κ1) is 20.0. The predicted molar refractivity (Wildman–Crippen MR) is 116 cm³/mol. The van der Waals surface area contributed by atoms with E-state index in [1.54, 1.807) is 0 Å². The Morgan fingerprint density at radius 1 is 1.06 bits per heavy atom. The second-order valence-electron chi connectivity index (χ2n) is 8.85. The Bertz CT molecular complexity index is 1400. The zero-order valence-corrected chi connectivity index (χ0v) is 17.4. The number of rotatable bonds is 4. The number of nitrogens with zero attached hydrogens (tertiary/aromatic N) is 4. The van der Waals surface area contributed by atoms with E-state index in [0.29, 0.717) is 27.9 Å². The van der Waals surface area contributed by atoms with E-state index in [1.165, 1.54) is 24.7 Å². The monoisotopic (exact) mass is 450 g/mol. The van der Waals surface area contributed by atoms with Crippen LogP contribution in [0.25, 0.3) is 33.5 Å². The molecule has 3 fully saturated rings. The molecule has 0 aliphatic heterocycles. The number of hydrogen-bond acceptors (Lipinski definition) is 6. The zero-order chi connectivity index (χ0) is 22.7. The van der Waals surface area contributed by atoms with E-state index in [-0.39, 0.29) is 29.2 Å². The number of halogens is 2. The molecular formula is C23H20F2N6O2. The summed E-state index contributed by atoms with van der Waals surface area (Å²) in [5.74, 6) is -1.80. The van der Waals surface area contributed by atoms with Gasteiger partial charge in [0.1, 0.15) is 17.2 Å². The highest BCUT2D eigenvalue weighted by Crippen LogP contribution is 2.46. The summed E-state index contributed by atoms with van der Waals surface area (Å²) in [6, 6.07) is 1.75. The first-order valence-corrected chi connectivity index (χ1v) is 10.9. The molecule has 8 nitrogen and oxygen atoms in total. The molecule has 3 heterocycles. The largest absolute Gasteiger partial charge is 0.481 e. The molecule has 2 atom stereocenters. The number of aliphatic carboxylic acids is 1. The van der Waals surface area contributed by atoms with Crippen molar-refractivity contribution in [2.24, 2.45) is 17.8 Å². The summed E-state index contributed by atoms with van der Waals surface area (Å²) in [5, 5.41) is 13.6. The maximum Gasteiger partial charge on any atom is 0.308 e. The number of carbonyl (C=O) groups is 1. The second kappa shape index (κ2) is 7.43.